The molecule has 1 aliphatic heterocycles. The van der Waals surface area contributed by atoms with Crippen molar-refractivity contribution in [3.05, 3.63) is 54.4 Å². The number of rotatable bonds is 7. The average molecular weight is 465 g/mol. The Bertz CT molecular complexity index is 1160. The van der Waals surface area contributed by atoms with Gasteiger partial charge in [0.05, 0.1) is 21.3 Å². The van der Waals surface area contributed by atoms with Gasteiger partial charge in [0.2, 0.25) is 11.7 Å². The SMILES string of the molecule is COc1cc(/C=C/C(=O)N2CCN(c3cc(-n4ccnc4C)ncn3)CC2)cc(OC)c1OC. The van der Waals surface area contributed by atoms with Crippen molar-refractivity contribution in [3.8, 4) is 23.1 Å². The van der Waals surface area contributed by atoms with Crippen molar-refractivity contribution in [2.75, 3.05) is 52.4 Å². The molecule has 0 unspecified atom stereocenters. The highest BCUT2D eigenvalue weighted by atomic mass is 16.5. The van der Waals surface area contributed by atoms with E-state index in [0.717, 1.165) is 23.0 Å². The number of hydrogen-bond acceptors (Lipinski definition) is 8. The molecule has 34 heavy (non-hydrogen) atoms. The van der Waals surface area contributed by atoms with Crippen LogP contribution in [0.15, 0.2) is 43.0 Å². The van der Waals surface area contributed by atoms with Gasteiger partial charge < -0.3 is 24.0 Å². The maximum atomic E-state index is 12.8. The quantitative estimate of drug-likeness (QED) is 0.492. The van der Waals surface area contributed by atoms with Crippen molar-refractivity contribution < 1.29 is 19.0 Å². The molecule has 0 atom stereocenters. The summed E-state index contributed by atoms with van der Waals surface area (Å²) in [5.74, 6) is 4.01. The standard InChI is InChI=1S/C24H28N6O4/c1-17-25-7-8-30(17)22-15-21(26-16-27-22)28-9-11-29(12-10-28)23(31)6-5-18-13-19(32-2)24(34-4)20(14-18)33-3/h5-8,13-16H,9-12H2,1-4H3/b6-5+. The second-order valence-electron chi connectivity index (χ2n) is 7.68. The van der Waals surface area contributed by atoms with E-state index in [-0.39, 0.29) is 5.91 Å². The fourth-order valence-corrected chi connectivity index (χ4v) is 3.89. The third kappa shape index (κ3) is 4.80. The number of carbonyl (C=O) groups is 1. The van der Waals surface area contributed by atoms with E-state index in [1.165, 1.54) is 0 Å². The second-order valence-corrected chi connectivity index (χ2v) is 7.68. The number of anilines is 1. The van der Waals surface area contributed by atoms with Crippen molar-refractivity contribution in [1.29, 1.82) is 0 Å². The Morgan fingerprint density at radius 1 is 0.912 bits per heavy atom. The molecule has 0 aliphatic carbocycles. The summed E-state index contributed by atoms with van der Waals surface area (Å²) < 4.78 is 18.0. The zero-order valence-electron chi connectivity index (χ0n) is 19.8. The van der Waals surface area contributed by atoms with Crippen LogP contribution in [0, 0.1) is 6.92 Å². The van der Waals surface area contributed by atoms with Crippen LogP contribution >= 0.6 is 0 Å². The normalized spacial score (nSPS) is 13.9. The summed E-state index contributed by atoms with van der Waals surface area (Å²) in [7, 11) is 4.68. The van der Waals surface area contributed by atoms with Crippen LogP contribution in [-0.2, 0) is 4.79 Å². The number of hydrogen-bond donors (Lipinski definition) is 0. The Morgan fingerprint density at radius 2 is 1.59 bits per heavy atom. The minimum atomic E-state index is -0.0502. The molecule has 4 rings (SSSR count). The van der Waals surface area contributed by atoms with Gasteiger partial charge in [-0.3, -0.25) is 9.36 Å². The fraction of sp³-hybridized carbons (Fsp3) is 0.333. The van der Waals surface area contributed by atoms with Gasteiger partial charge in [-0.1, -0.05) is 0 Å². The summed E-state index contributed by atoms with van der Waals surface area (Å²) in [5, 5.41) is 0. The molecule has 0 spiro atoms. The first-order valence-electron chi connectivity index (χ1n) is 10.9. The first-order chi connectivity index (χ1) is 16.5. The highest BCUT2D eigenvalue weighted by Gasteiger charge is 2.21. The van der Waals surface area contributed by atoms with Crippen molar-refractivity contribution in [1.82, 2.24) is 24.4 Å². The molecule has 1 fully saturated rings. The zero-order chi connectivity index (χ0) is 24.1. The molecule has 1 saturated heterocycles. The third-order valence-electron chi connectivity index (χ3n) is 5.73. The fourth-order valence-electron chi connectivity index (χ4n) is 3.89. The van der Waals surface area contributed by atoms with E-state index in [4.69, 9.17) is 14.2 Å². The zero-order valence-corrected chi connectivity index (χ0v) is 19.8. The lowest BCUT2D eigenvalue weighted by Gasteiger charge is -2.35. The van der Waals surface area contributed by atoms with E-state index in [2.05, 4.69) is 19.9 Å². The maximum Gasteiger partial charge on any atom is 0.246 e. The van der Waals surface area contributed by atoms with Crippen LogP contribution in [0.4, 0.5) is 5.82 Å². The lowest BCUT2D eigenvalue weighted by molar-refractivity contribution is -0.126. The van der Waals surface area contributed by atoms with E-state index >= 15 is 0 Å². The van der Waals surface area contributed by atoms with Crippen LogP contribution in [0.25, 0.3) is 11.9 Å². The Balaban J connectivity index is 1.40. The number of amides is 1. The number of aromatic nitrogens is 4. The topological polar surface area (TPSA) is 94.8 Å². The van der Waals surface area contributed by atoms with Crippen molar-refractivity contribution in [3.63, 3.8) is 0 Å². The van der Waals surface area contributed by atoms with Crippen LogP contribution in [-0.4, -0.2) is 77.8 Å². The lowest BCUT2D eigenvalue weighted by atomic mass is 10.1. The molecule has 1 aromatic carbocycles. The molecule has 10 nitrogen and oxygen atoms in total. The van der Waals surface area contributed by atoms with Crippen molar-refractivity contribution >= 4 is 17.8 Å². The second kappa shape index (κ2) is 10.2. The molecule has 0 radical (unpaired) electrons. The van der Waals surface area contributed by atoms with Crippen LogP contribution in [0.2, 0.25) is 0 Å². The number of methoxy groups -OCH3 is 3. The van der Waals surface area contributed by atoms with Crippen LogP contribution in [0.1, 0.15) is 11.4 Å². The first-order valence-corrected chi connectivity index (χ1v) is 10.9. The largest absolute Gasteiger partial charge is 0.493 e. The summed E-state index contributed by atoms with van der Waals surface area (Å²) in [6.07, 6.45) is 8.50. The smallest absolute Gasteiger partial charge is 0.246 e. The van der Waals surface area contributed by atoms with Gasteiger partial charge in [-0.2, -0.15) is 0 Å². The number of nitrogens with zero attached hydrogens (tertiary/aromatic N) is 6. The van der Waals surface area contributed by atoms with Gasteiger partial charge in [0.1, 0.15) is 23.8 Å². The molecular weight excluding hydrogens is 436 g/mol. The van der Waals surface area contributed by atoms with Gasteiger partial charge in [-0.15, -0.1) is 0 Å². The number of carbonyl (C=O) groups excluding carboxylic acids is 1. The molecule has 10 heteroatoms. The highest BCUT2D eigenvalue weighted by Crippen LogP contribution is 2.38. The molecule has 1 aliphatic rings. The number of aryl methyl sites for hydroxylation is 1. The molecule has 178 valence electrons. The van der Waals surface area contributed by atoms with E-state index in [1.807, 2.05) is 28.7 Å². The van der Waals surface area contributed by atoms with Gasteiger partial charge >= 0.3 is 0 Å². The van der Waals surface area contributed by atoms with Gasteiger partial charge in [0.15, 0.2) is 11.5 Å². The van der Waals surface area contributed by atoms with Gasteiger partial charge in [-0.05, 0) is 30.7 Å². The predicted octanol–water partition coefficient (Wildman–Crippen LogP) is 2.36. The molecular formula is C24H28N6O4. The summed E-state index contributed by atoms with van der Waals surface area (Å²) >= 11 is 0. The highest BCUT2D eigenvalue weighted by molar-refractivity contribution is 5.92. The predicted molar refractivity (Wildman–Crippen MR) is 128 cm³/mol. The first kappa shape index (κ1) is 23.1. The molecule has 1 amide bonds. The van der Waals surface area contributed by atoms with Crippen LogP contribution in [0.3, 0.4) is 0 Å². The maximum absolute atomic E-state index is 12.8. The minimum absolute atomic E-state index is 0.0502. The van der Waals surface area contributed by atoms with E-state index in [1.54, 1.807) is 58.1 Å². The van der Waals surface area contributed by atoms with Gasteiger partial charge in [-0.25, -0.2) is 15.0 Å². The molecule has 3 heterocycles. The van der Waals surface area contributed by atoms with E-state index in [0.29, 0.717) is 43.4 Å². The third-order valence-corrected chi connectivity index (χ3v) is 5.73. The van der Waals surface area contributed by atoms with Crippen molar-refractivity contribution in [2.24, 2.45) is 0 Å². The Hall–Kier alpha value is -4.08. The minimum Gasteiger partial charge on any atom is -0.493 e. The van der Waals surface area contributed by atoms with E-state index < -0.39 is 0 Å². The lowest BCUT2D eigenvalue weighted by Crippen LogP contribution is -2.48. The molecule has 2 aromatic heterocycles. The average Bonchev–Trinajstić information content (AvgIpc) is 3.32. The molecule has 0 bridgehead atoms. The number of imidazole rings is 1. The number of benzene rings is 1. The molecule has 3 aromatic rings. The monoisotopic (exact) mass is 464 g/mol. The number of ether oxygens (including phenoxy) is 3. The van der Waals surface area contributed by atoms with Crippen LogP contribution in [0.5, 0.6) is 17.2 Å². The van der Waals surface area contributed by atoms with Crippen LogP contribution < -0.4 is 19.1 Å². The molecule has 0 N–H and O–H groups in total. The Labute approximate surface area is 198 Å². The Morgan fingerprint density at radius 3 is 2.18 bits per heavy atom. The van der Waals surface area contributed by atoms with Gasteiger partial charge in [0.25, 0.3) is 0 Å². The Kier molecular flexibility index (Phi) is 6.95. The van der Waals surface area contributed by atoms with Gasteiger partial charge in [0, 0.05) is 50.7 Å². The summed E-state index contributed by atoms with van der Waals surface area (Å²) in [6, 6.07) is 5.55. The summed E-state index contributed by atoms with van der Waals surface area (Å²) in [5.41, 5.74) is 0.782. The van der Waals surface area contributed by atoms with E-state index in [9.17, 15) is 4.79 Å². The summed E-state index contributed by atoms with van der Waals surface area (Å²) in [4.78, 5) is 29.8. The number of piperazine rings is 1. The molecule has 0 saturated carbocycles. The van der Waals surface area contributed by atoms with Crippen molar-refractivity contribution in [2.45, 2.75) is 6.92 Å². The summed E-state index contributed by atoms with van der Waals surface area (Å²) in [6.45, 7) is 4.49.